The van der Waals surface area contributed by atoms with E-state index in [0.29, 0.717) is 30.9 Å². The Labute approximate surface area is 242 Å². The zero-order chi connectivity index (χ0) is 28.1. The highest BCUT2D eigenvalue weighted by atomic mass is 16.5. The van der Waals surface area contributed by atoms with Crippen LogP contribution in [-0.2, 0) is 26.1 Å². The van der Waals surface area contributed by atoms with Gasteiger partial charge >= 0.3 is 0 Å². The van der Waals surface area contributed by atoms with Gasteiger partial charge in [0.15, 0.2) is 5.78 Å². The first-order chi connectivity index (χ1) is 20.2. The third kappa shape index (κ3) is 8.92. The summed E-state index contributed by atoms with van der Waals surface area (Å²) in [6, 6.07) is 46.3. The number of benzene rings is 5. The normalized spacial score (nSPS) is 10.9. The molecule has 0 aromatic heterocycles. The van der Waals surface area contributed by atoms with Crippen molar-refractivity contribution in [1.82, 2.24) is 4.90 Å². The molecule has 0 amide bonds. The number of nitrogens with zero attached hydrogens (tertiary/aromatic N) is 1. The van der Waals surface area contributed by atoms with E-state index in [1.807, 2.05) is 91.0 Å². The number of ketones is 1. The first kappa shape index (κ1) is 27.9. The Morgan fingerprint density at radius 1 is 0.537 bits per heavy atom. The lowest BCUT2D eigenvalue weighted by Gasteiger charge is -2.23. The van der Waals surface area contributed by atoms with Crippen LogP contribution < -0.4 is 9.47 Å². The molecule has 0 bridgehead atoms. The molecule has 41 heavy (non-hydrogen) atoms. The molecule has 0 radical (unpaired) electrons. The molecule has 5 aromatic carbocycles. The fourth-order valence-electron chi connectivity index (χ4n) is 4.72. The molecule has 4 nitrogen and oxygen atoms in total. The van der Waals surface area contributed by atoms with Gasteiger partial charge in [-0.1, -0.05) is 115 Å². The van der Waals surface area contributed by atoms with Gasteiger partial charge in [-0.3, -0.25) is 9.69 Å². The maximum Gasteiger partial charge on any atom is 0.167 e. The predicted molar refractivity (Wildman–Crippen MR) is 164 cm³/mol. The van der Waals surface area contributed by atoms with Gasteiger partial charge in [0, 0.05) is 31.6 Å². The topological polar surface area (TPSA) is 38.8 Å². The number of ether oxygens (including phenoxy) is 2. The number of hydrogen-bond acceptors (Lipinski definition) is 4. The number of carbonyl (C=O) groups excluding carboxylic acids is 1. The largest absolute Gasteiger partial charge is 0.492 e. The summed E-state index contributed by atoms with van der Waals surface area (Å²) in [6.45, 7) is 3.46. The summed E-state index contributed by atoms with van der Waals surface area (Å²) in [5, 5.41) is 0. The Bertz CT molecular complexity index is 1460. The number of Topliss-reactive ketones (excluding diaryl/α,β-unsaturated/α-hetero) is 1. The fourth-order valence-corrected chi connectivity index (χ4v) is 4.72. The molecular formula is C37H35NO3. The van der Waals surface area contributed by atoms with Crippen LogP contribution >= 0.6 is 0 Å². The van der Waals surface area contributed by atoms with E-state index in [1.54, 1.807) is 0 Å². The molecule has 0 aliphatic rings. The third-order valence-electron chi connectivity index (χ3n) is 6.84. The summed E-state index contributed by atoms with van der Waals surface area (Å²) in [7, 11) is 0. The second kappa shape index (κ2) is 14.6. The van der Waals surface area contributed by atoms with Gasteiger partial charge in [0.25, 0.3) is 0 Å². The smallest absolute Gasteiger partial charge is 0.167 e. The summed E-state index contributed by atoms with van der Waals surface area (Å²) in [6.07, 6.45) is 0.300. The van der Waals surface area contributed by atoms with Crippen LogP contribution in [0.25, 0.3) is 0 Å². The molecule has 0 aliphatic carbocycles. The highest BCUT2D eigenvalue weighted by Gasteiger charge is 2.11. The monoisotopic (exact) mass is 541 g/mol. The van der Waals surface area contributed by atoms with E-state index in [4.69, 9.17) is 9.47 Å². The van der Waals surface area contributed by atoms with Gasteiger partial charge in [-0.25, -0.2) is 0 Å². The minimum Gasteiger partial charge on any atom is -0.492 e. The molecule has 0 saturated carbocycles. The standard InChI is InChI=1S/C37H35NO3/c39-37(25-33-18-10-20-35(24-33)41-29-32-16-8-3-9-17-32)34-19-11-21-36(26-34)40-23-22-38(27-30-12-4-1-5-13-30)28-31-14-6-2-7-15-31/h1-21,24,26H,22-23,25,27-29H2. The number of rotatable bonds is 14. The maximum absolute atomic E-state index is 13.1. The van der Waals surface area contributed by atoms with Crippen LogP contribution in [0.15, 0.2) is 140 Å². The zero-order valence-electron chi connectivity index (χ0n) is 23.2. The van der Waals surface area contributed by atoms with E-state index in [9.17, 15) is 4.79 Å². The van der Waals surface area contributed by atoms with E-state index in [0.717, 1.165) is 36.5 Å². The fraction of sp³-hybridized carbons (Fsp3) is 0.162. The van der Waals surface area contributed by atoms with Crippen molar-refractivity contribution >= 4 is 5.78 Å². The molecular weight excluding hydrogens is 506 g/mol. The highest BCUT2D eigenvalue weighted by Crippen LogP contribution is 2.19. The van der Waals surface area contributed by atoms with Gasteiger partial charge in [-0.05, 0) is 46.5 Å². The van der Waals surface area contributed by atoms with Gasteiger partial charge in [0.2, 0.25) is 0 Å². The molecule has 0 unspecified atom stereocenters. The second-order valence-corrected chi connectivity index (χ2v) is 10.1. The van der Waals surface area contributed by atoms with Crippen LogP contribution in [0.1, 0.15) is 32.6 Å². The van der Waals surface area contributed by atoms with Gasteiger partial charge in [-0.2, -0.15) is 0 Å². The van der Waals surface area contributed by atoms with Crippen LogP contribution in [-0.4, -0.2) is 23.8 Å². The molecule has 0 saturated heterocycles. The van der Waals surface area contributed by atoms with Crippen molar-refractivity contribution in [2.75, 3.05) is 13.2 Å². The van der Waals surface area contributed by atoms with Crippen LogP contribution in [0.3, 0.4) is 0 Å². The van der Waals surface area contributed by atoms with Gasteiger partial charge in [0.1, 0.15) is 24.7 Å². The van der Waals surface area contributed by atoms with Gasteiger partial charge in [0.05, 0.1) is 0 Å². The zero-order valence-corrected chi connectivity index (χ0v) is 23.2. The predicted octanol–water partition coefficient (Wildman–Crippen LogP) is 7.77. The van der Waals surface area contributed by atoms with Gasteiger partial charge < -0.3 is 9.47 Å². The minimum atomic E-state index is 0.0467. The second-order valence-electron chi connectivity index (χ2n) is 10.1. The summed E-state index contributed by atoms with van der Waals surface area (Å²) in [5.74, 6) is 1.51. The molecule has 0 fully saturated rings. The van der Waals surface area contributed by atoms with E-state index >= 15 is 0 Å². The Kier molecular flexibility index (Phi) is 9.96. The highest BCUT2D eigenvalue weighted by molar-refractivity contribution is 5.97. The molecule has 0 heterocycles. The Balaban J connectivity index is 1.16. The molecule has 0 N–H and O–H groups in total. The maximum atomic E-state index is 13.1. The molecule has 4 heteroatoms. The Hall–Kier alpha value is -4.67. The quantitative estimate of drug-likeness (QED) is 0.135. The number of carbonyl (C=O) groups is 1. The molecule has 0 atom stereocenters. The SMILES string of the molecule is O=C(Cc1cccc(OCc2ccccc2)c1)c1cccc(OCCN(Cc2ccccc2)Cc2ccccc2)c1. The van der Waals surface area contributed by atoms with Gasteiger partial charge in [-0.15, -0.1) is 0 Å². The van der Waals surface area contributed by atoms with E-state index in [-0.39, 0.29) is 5.78 Å². The summed E-state index contributed by atoms with van der Waals surface area (Å²) in [4.78, 5) is 15.5. The van der Waals surface area contributed by atoms with Crippen molar-refractivity contribution in [3.63, 3.8) is 0 Å². The third-order valence-corrected chi connectivity index (χ3v) is 6.84. The molecule has 0 spiro atoms. The van der Waals surface area contributed by atoms with Crippen molar-refractivity contribution in [3.8, 4) is 11.5 Å². The van der Waals surface area contributed by atoms with E-state index in [1.165, 1.54) is 11.1 Å². The lowest BCUT2D eigenvalue weighted by molar-refractivity contribution is 0.0992. The van der Waals surface area contributed by atoms with Crippen molar-refractivity contribution in [3.05, 3.63) is 167 Å². The molecule has 5 rings (SSSR count). The first-order valence-corrected chi connectivity index (χ1v) is 14.0. The van der Waals surface area contributed by atoms with Crippen molar-refractivity contribution < 1.29 is 14.3 Å². The molecule has 5 aromatic rings. The van der Waals surface area contributed by atoms with Crippen molar-refractivity contribution in [2.45, 2.75) is 26.1 Å². The molecule has 0 aliphatic heterocycles. The summed E-state index contributed by atoms with van der Waals surface area (Å²) < 4.78 is 12.1. The lowest BCUT2D eigenvalue weighted by atomic mass is 10.0. The Morgan fingerprint density at radius 2 is 1.07 bits per heavy atom. The average Bonchev–Trinajstić information content (AvgIpc) is 3.02. The van der Waals surface area contributed by atoms with Crippen LogP contribution in [0.5, 0.6) is 11.5 Å². The van der Waals surface area contributed by atoms with Crippen LogP contribution in [0, 0.1) is 0 Å². The summed E-state index contributed by atoms with van der Waals surface area (Å²) in [5.41, 5.74) is 5.21. The first-order valence-electron chi connectivity index (χ1n) is 14.0. The van der Waals surface area contributed by atoms with Crippen molar-refractivity contribution in [2.24, 2.45) is 0 Å². The van der Waals surface area contributed by atoms with Crippen molar-refractivity contribution in [1.29, 1.82) is 0 Å². The van der Waals surface area contributed by atoms with E-state index in [2.05, 4.69) is 53.4 Å². The van der Waals surface area contributed by atoms with E-state index < -0.39 is 0 Å². The minimum absolute atomic E-state index is 0.0467. The summed E-state index contributed by atoms with van der Waals surface area (Å²) >= 11 is 0. The lowest BCUT2D eigenvalue weighted by Crippen LogP contribution is -2.27. The van der Waals surface area contributed by atoms with Crippen LogP contribution in [0.4, 0.5) is 0 Å². The number of hydrogen-bond donors (Lipinski definition) is 0. The molecule has 206 valence electrons. The Morgan fingerprint density at radius 3 is 1.71 bits per heavy atom. The average molecular weight is 542 g/mol. The van der Waals surface area contributed by atoms with Crippen LogP contribution in [0.2, 0.25) is 0 Å².